The summed E-state index contributed by atoms with van der Waals surface area (Å²) in [6.45, 7) is 0.131. The van der Waals surface area contributed by atoms with Crippen molar-refractivity contribution >= 4 is 12.5 Å². The average Bonchev–Trinajstić information content (AvgIpc) is 2.15. The molecule has 6 heteroatoms. The topological polar surface area (TPSA) is 74.2 Å². The van der Waals surface area contributed by atoms with E-state index in [4.69, 9.17) is 5.11 Å². The monoisotopic (exact) mass is 131 g/mol. The fourth-order valence-electron chi connectivity index (χ4n) is 0.399. The Morgan fingerprint density at radius 1 is 2.00 bits per heavy atom. The molecule has 0 unspecified atom stereocenters. The van der Waals surface area contributed by atoms with Gasteiger partial charge in [-0.15, -0.1) is 5.10 Å². The molecule has 1 heterocycles. The third-order valence-corrected chi connectivity index (χ3v) is 0.683. The Kier molecular flexibility index (Phi) is 1.39. The van der Waals surface area contributed by atoms with Gasteiger partial charge in [-0.25, -0.2) is 10.2 Å². The van der Waals surface area contributed by atoms with Crippen LogP contribution in [0.3, 0.4) is 0 Å². The quantitative estimate of drug-likeness (QED) is 0.498. The van der Waals surface area contributed by atoms with Crippen molar-refractivity contribution < 1.29 is 14.6 Å². The van der Waals surface area contributed by atoms with Crippen LogP contribution in [-0.4, -0.2) is 29.4 Å². The maximum Gasteiger partial charge on any atom is 0.425 e. The Balaban J connectivity index is 2.28. The summed E-state index contributed by atoms with van der Waals surface area (Å²) in [4.78, 5) is 9.87. The highest BCUT2D eigenvalue weighted by Crippen LogP contribution is 1.89. The molecule has 1 rings (SSSR count). The molecule has 0 saturated heterocycles. The molecule has 6 nitrogen and oxygen atoms in total. The van der Waals surface area contributed by atoms with Crippen LogP contribution >= 0.6 is 0 Å². The number of nitrogens with zero attached hydrogens (tertiary/aromatic N) is 2. The number of nitrogens with one attached hydrogen (secondary N) is 1. The predicted molar refractivity (Wildman–Crippen MR) is 27.4 cm³/mol. The van der Waals surface area contributed by atoms with Gasteiger partial charge in [0, 0.05) is 0 Å². The molecule has 0 saturated carbocycles. The molecule has 0 spiro atoms. The summed E-state index contributed by atoms with van der Waals surface area (Å²) in [6, 6.07) is 0. The van der Waals surface area contributed by atoms with E-state index in [1.807, 2.05) is 5.43 Å². The van der Waals surface area contributed by atoms with E-state index in [1.165, 1.54) is 0 Å². The summed E-state index contributed by atoms with van der Waals surface area (Å²) >= 11 is 0. The molecular weight excluding hydrogens is 126 g/mol. The number of rotatable bonds is 1. The van der Waals surface area contributed by atoms with E-state index < -0.39 is 6.09 Å². The van der Waals surface area contributed by atoms with Crippen molar-refractivity contribution in [3.8, 4) is 0 Å². The van der Waals surface area contributed by atoms with Gasteiger partial charge in [-0.1, -0.05) is 0 Å². The fraction of sp³-hybridized carbons (Fsp3) is 0.333. The third-order valence-electron chi connectivity index (χ3n) is 0.683. The van der Waals surface area contributed by atoms with Crippen molar-refractivity contribution in [2.24, 2.45) is 5.10 Å². The lowest BCUT2D eigenvalue weighted by Gasteiger charge is -2.08. The second-order valence-electron chi connectivity index (χ2n) is 1.33. The lowest BCUT2D eigenvalue weighted by molar-refractivity contribution is 0.103. The number of hydrazone groups is 1. The van der Waals surface area contributed by atoms with Crippen LogP contribution in [0.25, 0.3) is 0 Å². The second kappa shape index (κ2) is 2.21. The van der Waals surface area contributed by atoms with Crippen LogP contribution < -0.4 is 5.43 Å². The zero-order valence-electron chi connectivity index (χ0n) is 4.44. The fourth-order valence-corrected chi connectivity index (χ4v) is 0.399. The Hall–Kier alpha value is -1.46. The van der Waals surface area contributed by atoms with Crippen LogP contribution in [0.15, 0.2) is 5.10 Å². The van der Waals surface area contributed by atoms with Gasteiger partial charge in [-0.3, -0.25) is 0 Å². The maximum atomic E-state index is 9.87. The molecule has 0 aromatic rings. The first-order valence-electron chi connectivity index (χ1n) is 2.20. The van der Waals surface area contributed by atoms with E-state index in [2.05, 4.69) is 9.84 Å². The highest BCUT2D eigenvalue weighted by Gasteiger charge is 2.07. The summed E-state index contributed by atoms with van der Waals surface area (Å²) in [5.41, 5.74) is 1.97. The molecule has 0 radical (unpaired) electrons. The Morgan fingerprint density at radius 2 is 2.78 bits per heavy atom. The van der Waals surface area contributed by atoms with Crippen LogP contribution in [0.4, 0.5) is 4.79 Å². The van der Waals surface area contributed by atoms with Crippen LogP contribution in [0, 0.1) is 0 Å². The number of carbonyl (C=O) groups is 1. The first kappa shape index (κ1) is 5.67. The molecule has 1 aliphatic heterocycles. The third kappa shape index (κ3) is 1.48. The number of carboxylic acid groups (broad SMARTS) is 1. The minimum atomic E-state index is -1.15. The van der Waals surface area contributed by atoms with Gasteiger partial charge in [0.25, 0.3) is 0 Å². The Bertz CT molecular complexity index is 145. The van der Waals surface area contributed by atoms with Crippen molar-refractivity contribution in [2.45, 2.75) is 0 Å². The molecule has 2 N–H and O–H groups in total. The molecule has 0 aromatic carbocycles. The molecule has 0 atom stereocenters. The van der Waals surface area contributed by atoms with Gasteiger partial charge in [-0.05, 0) is 0 Å². The van der Waals surface area contributed by atoms with E-state index in [9.17, 15) is 4.79 Å². The lowest BCUT2D eigenvalue weighted by Crippen LogP contribution is -2.36. The first-order valence-corrected chi connectivity index (χ1v) is 2.20. The zero-order chi connectivity index (χ0) is 6.69. The minimum absolute atomic E-state index is 0.131. The van der Waals surface area contributed by atoms with E-state index in [0.717, 1.165) is 11.5 Å². The van der Waals surface area contributed by atoms with Gasteiger partial charge in [0.05, 0.1) is 0 Å². The predicted octanol–water partition coefficient (Wildman–Crippen LogP) is -0.598. The first-order chi connectivity index (χ1) is 4.29. The van der Waals surface area contributed by atoms with Gasteiger partial charge >= 0.3 is 6.09 Å². The molecule has 0 aliphatic carbocycles. The highest BCUT2D eigenvalue weighted by atomic mass is 16.5. The normalized spacial score (nSPS) is 15.3. The van der Waals surface area contributed by atoms with Crippen LogP contribution in [-0.2, 0) is 4.74 Å². The van der Waals surface area contributed by atoms with Crippen molar-refractivity contribution in [3.63, 3.8) is 0 Å². The zero-order valence-corrected chi connectivity index (χ0v) is 4.44. The SMILES string of the molecule is O=C(O)NN1COC=N1. The molecule has 1 amide bonds. The second-order valence-corrected chi connectivity index (χ2v) is 1.33. The number of hydrogen-bond donors (Lipinski definition) is 2. The summed E-state index contributed by atoms with van der Waals surface area (Å²) in [5, 5.41) is 12.6. The largest absolute Gasteiger partial charge is 0.464 e. The van der Waals surface area contributed by atoms with Crippen molar-refractivity contribution in [1.29, 1.82) is 0 Å². The molecule has 0 bridgehead atoms. The number of ether oxygens (including phenoxy) is 1. The number of hydrogen-bond acceptors (Lipinski definition) is 4. The van der Waals surface area contributed by atoms with Crippen LogP contribution in [0.2, 0.25) is 0 Å². The molecule has 0 fully saturated rings. The Morgan fingerprint density at radius 3 is 3.22 bits per heavy atom. The van der Waals surface area contributed by atoms with Crippen molar-refractivity contribution in [1.82, 2.24) is 10.5 Å². The summed E-state index contributed by atoms with van der Waals surface area (Å²) in [7, 11) is 0. The van der Waals surface area contributed by atoms with E-state index in [1.54, 1.807) is 0 Å². The lowest BCUT2D eigenvalue weighted by atomic mass is 11.2. The van der Waals surface area contributed by atoms with Crippen LogP contribution in [0.1, 0.15) is 0 Å². The van der Waals surface area contributed by atoms with Crippen molar-refractivity contribution in [3.05, 3.63) is 0 Å². The van der Waals surface area contributed by atoms with E-state index >= 15 is 0 Å². The van der Waals surface area contributed by atoms with E-state index in [0.29, 0.717) is 0 Å². The average molecular weight is 131 g/mol. The van der Waals surface area contributed by atoms with Crippen molar-refractivity contribution in [2.75, 3.05) is 6.73 Å². The van der Waals surface area contributed by atoms with Gasteiger partial charge in [-0.2, -0.15) is 5.12 Å². The summed E-state index contributed by atoms with van der Waals surface area (Å²) < 4.78 is 4.57. The number of amides is 1. The standard InChI is InChI=1S/C3H5N3O3/c7-3(8)5-6-2-9-1-4-6/h1,5H,2H2,(H,7,8). The number of hydrazine groups is 1. The highest BCUT2D eigenvalue weighted by molar-refractivity contribution is 5.64. The molecule has 0 aromatic heterocycles. The van der Waals surface area contributed by atoms with Crippen LogP contribution in [0.5, 0.6) is 0 Å². The van der Waals surface area contributed by atoms with E-state index in [-0.39, 0.29) is 6.73 Å². The molecule has 9 heavy (non-hydrogen) atoms. The molecular formula is C3H5N3O3. The molecule has 50 valence electrons. The van der Waals surface area contributed by atoms with Gasteiger partial charge in [0.1, 0.15) is 0 Å². The smallest absolute Gasteiger partial charge is 0.425 e. The summed E-state index contributed by atoms with van der Waals surface area (Å²) in [5.74, 6) is 0. The van der Waals surface area contributed by atoms with Gasteiger partial charge in [0.2, 0.25) is 0 Å². The maximum absolute atomic E-state index is 9.87. The van der Waals surface area contributed by atoms with Gasteiger partial charge in [0.15, 0.2) is 13.1 Å². The minimum Gasteiger partial charge on any atom is -0.464 e. The Labute approximate surface area is 50.7 Å². The van der Waals surface area contributed by atoms with Gasteiger partial charge < -0.3 is 9.84 Å². The summed E-state index contributed by atoms with van der Waals surface area (Å²) in [6.07, 6.45) is 0.00769. The molecule has 1 aliphatic rings.